The van der Waals surface area contributed by atoms with Gasteiger partial charge in [-0.2, -0.15) is 0 Å². The number of benzene rings is 1. The number of hydrogen-bond donors (Lipinski definition) is 1. The quantitative estimate of drug-likeness (QED) is 0.304. The van der Waals surface area contributed by atoms with E-state index >= 15 is 0 Å². The molecule has 0 heterocycles. The van der Waals surface area contributed by atoms with Crippen LogP contribution in [-0.2, 0) is 6.42 Å². The molecule has 1 aromatic carbocycles. The molecule has 0 bridgehead atoms. The molecule has 1 atom stereocenters. The first-order chi connectivity index (χ1) is 6.09. The topological polar surface area (TPSA) is 69.2 Å². The summed E-state index contributed by atoms with van der Waals surface area (Å²) in [7, 11) is 0. The van der Waals surface area contributed by atoms with Crippen molar-refractivity contribution in [2.45, 2.75) is 10.5 Å². The molecule has 4 nitrogen and oxygen atoms in total. The third-order valence-electron chi connectivity index (χ3n) is 1.58. The number of rotatable bonds is 3. The molecule has 70 valence electrons. The number of nitrogens with zero attached hydrogens (tertiary/aromatic N) is 1. The Bertz CT molecular complexity index is 298. The molecule has 0 amide bonds. The fourth-order valence-electron chi connectivity index (χ4n) is 0.979. The predicted octanol–water partition coefficient (Wildman–Crippen LogP) is 1.86. The zero-order chi connectivity index (χ0) is 9.84. The molecule has 0 fully saturated rings. The van der Waals surface area contributed by atoms with Crippen LogP contribution in [-0.4, -0.2) is 8.97 Å². The van der Waals surface area contributed by atoms with Crippen molar-refractivity contribution in [3.8, 4) is 0 Å². The van der Waals surface area contributed by atoms with Gasteiger partial charge in [0.15, 0.2) is 0 Å². The maximum Gasteiger partial charge on any atom is 0.269 e. The molecule has 1 unspecified atom stereocenters. The molecule has 0 aliphatic carbocycles. The van der Waals surface area contributed by atoms with Gasteiger partial charge < -0.3 is 5.73 Å². The third-order valence-corrected chi connectivity index (χ3v) is 2.02. The van der Waals surface area contributed by atoms with E-state index in [0.717, 1.165) is 12.0 Å². The Hall–Kier alpha value is -0.690. The summed E-state index contributed by atoms with van der Waals surface area (Å²) in [5, 5.41) is 10.3. The normalized spacial score (nSPS) is 12.5. The van der Waals surface area contributed by atoms with Gasteiger partial charge >= 0.3 is 0 Å². The summed E-state index contributed by atoms with van der Waals surface area (Å²) in [5.74, 6) is 0. The Morgan fingerprint density at radius 2 is 2.00 bits per heavy atom. The van der Waals surface area contributed by atoms with E-state index in [0.29, 0.717) is 0 Å². The van der Waals surface area contributed by atoms with Gasteiger partial charge in [-0.05, 0) is 12.0 Å². The van der Waals surface area contributed by atoms with E-state index in [1.807, 2.05) is 0 Å². The van der Waals surface area contributed by atoms with Crippen LogP contribution in [0.25, 0.3) is 0 Å². The zero-order valence-corrected chi connectivity index (χ0v) is 8.97. The predicted molar refractivity (Wildman–Crippen MR) is 58.8 cm³/mol. The first kappa shape index (κ1) is 10.4. The minimum atomic E-state index is -0.409. The van der Waals surface area contributed by atoms with Crippen LogP contribution >= 0.6 is 22.6 Å². The van der Waals surface area contributed by atoms with Gasteiger partial charge in [-0.3, -0.25) is 10.1 Å². The van der Waals surface area contributed by atoms with E-state index in [1.165, 1.54) is 12.1 Å². The lowest BCUT2D eigenvalue weighted by atomic mass is 10.1. The van der Waals surface area contributed by atoms with E-state index in [-0.39, 0.29) is 9.74 Å². The van der Waals surface area contributed by atoms with Crippen molar-refractivity contribution in [2.75, 3.05) is 0 Å². The SMILES string of the molecule is NC(I)Cc1ccc([N+](=O)[O-])cc1. The summed E-state index contributed by atoms with van der Waals surface area (Å²) in [5.41, 5.74) is 6.71. The lowest BCUT2D eigenvalue weighted by Gasteiger charge is -2.02. The number of nitrogens with two attached hydrogens (primary N) is 1. The summed E-state index contributed by atoms with van der Waals surface area (Å²) in [4.78, 5) is 9.90. The highest BCUT2D eigenvalue weighted by atomic mass is 127. The molecule has 2 N–H and O–H groups in total. The Kier molecular flexibility index (Phi) is 3.61. The Labute approximate surface area is 89.4 Å². The fourth-order valence-corrected chi connectivity index (χ4v) is 1.49. The Morgan fingerprint density at radius 1 is 1.46 bits per heavy atom. The molecule has 0 aliphatic rings. The molecule has 0 saturated carbocycles. The third kappa shape index (κ3) is 3.27. The van der Waals surface area contributed by atoms with Gasteiger partial charge in [0, 0.05) is 12.1 Å². The molecule has 1 aromatic rings. The average Bonchev–Trinajstić information content (AvgIpc) is 2.04. The van der Waals surface area contributed by atoms with E-state index in [2.05, 4.69) is 22.6 Å². The van der Waals surface area contributed by atoms with Gasteiger partial charge in [0.1, 0.15) is 0 Å². The maximum atomic E-state index is 10.3. The van der Waals surface area contributed by atoms with Gasteiger partial charge in [-0.25, -0.2) is 0 Å². The van der Waals surface area contributed by atoms with Crippen LogP contribution in [0.4, 0.5) is 5.69 Å². The molecule has 5 heteroatoms. The highest BCUT2D eigenvalue weighted by Gasteiger charge is 2.04. The number of non-ortho nitro benzene ring substituents is 1. The second-order valence-electron chi connectivity index (χ2n) is 2.64. The van der Waals surface area contributed by atoms with Crippen molar-refractivity contribution in [3.63, 3.8) is 0 Å². The van der Waals surface area contributed by atoms with Crippen LogP contribution in [0.3, 0.4) is 0 Å². The summed E-state index contributed by atoms with van der Waals surface area (Å²) in [6.45, 7) is 0. The Balaban J connectivity index is 2.75. The Morgan fingerprint density at radius 3 is 2.38 bits per heavy atom. The van der Waals surface area contributed by atoms with E-state index in [1.54, 1.807) is 12.1 Å². The van der Waals surface area contributed by atoms with Gasteiger partial charge in [0.2, 0.25) is 0 Å². The molecule has 0 saturated heterocycles. The summed E-state index contributed by atoms with van der Waals surface area (Å²) < 4.78 is 0.0547. The van der Waals surface area contributed by atoms with Crippen LogP contribution in [0.15, 0.2) is 24.3 Å². The highest BCUT2D eigenvalue weighted by Crippen LogP contribution is 2.13. The molecule has 13 heavy (non-hydrogen) atoms. The summed E-state index contributed by atoms with van der Waals surface area (Å²) in [6, 6.07) is 6.45. The van der Waals surface area contributed by atoms with Crippen molar-refractivity contribution in [1.29, 1.82) is 0 Å². The van der Waals surface area contributed by atoms with Crippen LogP contribution in [0.1, 0.15) is 5.56 Å². The number of nitro benzene ring substituents is 1. The van der Waals surface area contributed by atoms with Crippen LogP contribution in [0.2, 0.25) is 0 Å². The van der Waals surface area contributed by atoms with Gasteiger partial charge in [-0.1, -0.05) is 34.7 Å². The lowest BCUT2D eigenvalue weighted by Crippen LogP contribution is -2.13. The monoisotopic (exact) mass is 292 g/mol. The smallest absolute Gasteiger partial charge is 0.269 e. The molecular formula is C8H9IN2O2. The van der Waals surface area contributed by atoms with Crippen LogP contribution < -0.4 is 5.73 Å². The van der Waals surface area contributed by atoms with Crippen molar-refractivity contribution < 1.29 is 4.92 Å². The summed E-state index contributed by atoms with van der Waals surface area (Å²) in [6.07, 6.45) is 0.735. The van der Waals surface area contributed by atoms with E-state index in [4.69, 9.17) is 5.73 Å². The van der Waals surface area contributed by atoms with Crippen molar-refractivity contribution in [3.05, 3.63) is 39.9 Å². The lowest BCUT2D eigenvalue weighted by molar-refractivity contribution is -0.384. The molecule has 0 radical (unpaired) electrons. The fraction of sp³-hybridized carbons (Fsp3) is 0.250. The molecule has 0 spiro atoms. The molecule has 0 aliphatic heterocycles. The van der Waals surface area contributed by atoms with Gasteiger partial charge in [-0.15, -0.1) is 0 Å². The molecule has 0 aromatic heterocycles. The van der Waals surface area contributed by atoms with Crippen molar-refractivity contribution in [2.24, 2.45) is 5.73 Å². The minimum absolute atomic E-state index is 0.0547. The number of halogens is 1. The largest absolute Gasteiger partial charge is 0.319 e. The van der Waals surface area contributed by atoms with E-state index < -0.39 is 4.92 Å². The zero-order valence-electron chi connectivity index (χ0n) is 6.81. The maximum absolute atomic E-state index is 10.3. The average molecular weight is 292 g/mol. The van der Waals surface area contributed by atoms with Crippen LogP contribution in [0, 0.1) is 10.1 Å². The minimum Gasteiger partial charge on any atom is -0.319 e. The molecular weight excluding hydrogens is 283 g/mol. The van der Waals surface area contributed by atoms with Crippen molar-refractivity contribution in [1.82, 2.24) is 0 Å². The number of hydrogen-bond acceptors (Lipinski definition) is 3. The highest BCUT2D eigenvalue weighted by molar-refractivity contribution is 14.1. The second kappa shape index (κ2) is 4.52. The molecule has 1 rings (SSSR count). The first-order valence-corrected chi connectivity index (χ1v) is 4.97. The number of alkyl halides is 1. The van der Waals surface area contributed by atoms with Crippen molar-refractivity contribution >= 4 is 28.3 Å². The first-order valence-electron chi connectivity index (χ1n) is 3.72. The van der Waals surface area contributed by atoms with E-state index in [9.17, 15) is 10.1 Å². The van der Waals surface area contributed by atoms with Gasteiger partial charge in [0.25, 0.3) is 5.69 Å². The summed E-state index contributed by atoms with van der Waals surface area (Å²) >= 11 is 2.11. The standard InChI is InChI=1S/C8H9IN2O2/c9-8(10)5-6-1-3-7(4-2-6)11(12)13/h1-4,8H,5,10H2. The second-order valence-corrected chi connectivity index (χ2v) is 4.24. The number of nitro groups is 1. The van der Waals surface area contributed by atoms with Crippen LogP contribution in [0.5, 0.6) is 0 Å². The van der Waals surface area contributed by atoms with Gasteiger partial charge in [0.05, 0.1) is 8.97 Å².